The van der Waals surface area contributed by atoms with Crippen molar-refractivity contribution in [2.24, 2.45) is 11.5 Å². The minimum absolute atomic E-state index is 0.648. The molecular formula is C23H48N2O5Si2. The van der Waals surface area contributed by atoms with Gasteiger partial charge in [-0.15, -0.1) is 0 Å². The summed E-state index contributed by atoms with van der Waals surface area (Å²) in [6.45, 7) is 14.7. The van der Waals surface area contributed by atoms with Crippen molar-refractivity contribution in [3.8, 4) is 0 Å². The Balaban J connectivity index is 0.000000607. The summed E-state index contributed by atoms with van der Waals surface area (Å²) in [6, 6.07) is 12.1. The number of benzene rings is 1. The van der Waals surface area contributed by atoms with Gasteiger partial charge in [-0.3, -0.25) is 0 Å². The third kappa shape index (κ3) is 12.0. The van der Waals surface area contributed by atoms with Crippen LogP contribution in [0.2, 0.25) is 12.1 Å². The number of nitrogens with two attached hydrogens (primary N) is 2. The van der Waals surface area contributed by atoms with E-state index in [2.05, 4.69) is 12.1 Å². The third-order valence-corrected chi connectivity index (χ3v) is 11.6. The van der Waals surface area contributed by atoms with Gasteiger partial charge in [0.25, 0.3) is 0 Å². The molecule has 1 rings (SSSR count). The van der Waals surface area contributed by atoms with Crippen LogP contribution < -0.4 is 16.7 Å². The van der Waals surface area contributed by atoms with Crippen LogP contribution in [-0.4, -0.2) is 63.5 Å². The van der Waals surface area contributed by atoms with E-state index in [0.717, 1.165) is 37.9 Å². The highest BCUT2D eigenvalue weighted by atomic mass is 28.4. The Morgan fingerprint density at radius 1 is 0.594 bits per heavy atom. The van der Waals surface area contributed by atoms with Crippen LogP contribution in [0.25, 0.3) is 0 Å². The van der Waals surface area contributed by atoms with Crippen LogP contribution in [0.1, 0.15) is 53.9 Å². The van der Waals surface area contributed by atoms with Crippen molar-refractivity contribution in [1.29, 1.82) is 0 Å². The minimum Gasteiger partial charge on any atom is -0.391 e. The monoisotopic (exact) mass is 488 g/mol. The summed E-state index contributed by atoms with van der Waals surface area (Å²) in [5.41, 5.74) is 11.1. The Morgan fingerprint density at radius 2 is 1.06 bits per heavy atom. The molecule has 0 amide bonds. The summed E-state index contributed by atoms with van der Waals surface area (Å²) < 4.78 is 29.2. The molecule has 4 N–H and O–H groups in total. The zero-order chi connectivity index (χ0) is 24.1. The lowest BCUT2D eigenvalue weighted by Gasteiger charge is -2.30. The van der Waals surface area contributed by atoms with Crippen molar-refractivity contribution in [1.82, 2.24) is 0 Å². The number of hydrogen-bond donors (Lipinski definition) is 2. The van der Waals surface area contributed by atoms with Gasteiger partial charge in [0, 0.05) is 39.1 Å². The van der Waals surface area contributed by atoms with Crippen molar-refractivity contribution in [2.45, 2.75) is 66.0 Å². The second-order valence-corrected chi connectivity index (χ2v) is 13.0. The Kier molecular flexibility index (Phi) is 19.4. The Bertz CT molecular complexity index is 517. The van der Waals surface area contributed by atoms with Gasteiger partial charge in [-0.25, -0.2) is 0 Å². The third-order valence-electron chi connectivity index (χ3n) is 4.71. The van der Waals surface area contributed by atoms with E-state index in [-0.39, 0.29) is 0 Å². The molecule has 0 aliphatic rings. The van der Waals surface area contributed by atoms with Crippen LogP contribution in [-0.2, 0) is 22.1 Å². The molecule has 0 aliphatic carbocycles. The first-order valence-electron chi connectivity index (χ1n) is 12.2. The van der Waals surface area contributed by atoms with Gasteiger partial charge in [-0.05, 0) is 78.2 Å². The Morgan fingerprint density at radius 3 is 1.47 bits per heavy atom. The molecule has 32 heavy (non-hydrogen) atoms. The van der Waals surface area contributed by atoms with E-state index in [9.17, 15) is 0 Å². The molecule has 0 heterocycles. The maximum Gasteiger partial charge on any atom is 0.500 e. The van der Waals surface area contributed by atoms with E-state index < -0.39 is 17.4 Å². The maximum absolute atomic E-state index is 6.02. The SMILES string of the molecule is CCO[Si](CCCCN)(OCC)OCC.CCO[Si](CCCN)(OCC)c1ccccc1. The fourth-order valence-electron chi connectivity index (χ4n) is 3.48. The molecule has 0 radical (unpaired) electrons. The Hall–Kier alpha value is -0.626. The van der Waals surface area contributed by atoms with Crippen molar-refractivity contribution in [3.63, 3.8) is 0 Å². The second-order valence-electron chi connectivity index (χ2n) is 7.11. The molecule has 0 saturated carbocycles. The average molecular weight is 489 g/mol. The van der Waals surface area contributed by atoms with Gasteiger partial charge in [0.15, 0.2) is 0 Å². The molecule has 0 spiro atoms. The highest BCUT2D eigenvalue weighted by Crippen LogP contribution is 2.19. The quantitative estimate of drug-likeness (QED) is 0.241. The van der Waals surface area contributed by atoms with Crippen LogP contribution in [0, 0.1) is 0 Å². The zero-order valence-electron chi connectivity index (χ0n) is 21.1. The standard InChI is InChI=1S/C13H23NO2Si.C10H25NO3Si/c1-3-15-17(16-4-2,12-8-11-14)13-9-6-5-7-10-13;1-4-12-15(13-5-2,14-6-3)10-8-7-9-11/h5-7,9-10H,3-4,8,11-12,14H2,1-2H3;4-11H2,1-3H3. The highest BCUT2D eigenvalue weighted by Gasteiger charge is 2.40. The molecule has 1 aromatic rings. The fraction of sp³-hybridized carbons (Fsp3) is 0.739. The van der Waals surface area contributed by atoms with E-state index in [1.54, 1.807) is 0 Å². The fourth-order valence-corrected chi connectivity index (χ4v) is 9.46. The van der Waals surface area contributed by atoms with E-state index in [1.807, 2.05) is 52.8 Å². The molecule has 0 atom stereocenters. The Labute approximate surface area is 198 Å². The van der Waals surface area contributed by atoms with Crippen LogP contribution >= 0.6 is 0 Å². The predicted octanol–water partition coefficient (Wildman–Crippen LogP) is 3.53. The molecule has 0 aliphatic heterocycles. The van der Waals surface area contributed by atoms with Gasteiger partial charge >= 0.3 is 17.4 Å². The van der Waals surface area contributed by atoms with Crippen LogP contribution in [0.5, 0.6) is 0 Å². The van der Waals surface area contributed by atoms with Gasteiger partial charge in [-0.2, -0.15) is 0 Å². The summed E-state index contributed by atoms with van der Waals surface area (Å²) >= 11 is 0. The van der Waals surface area contributed by atoms with Gasteiger partial charge in [0.2, 0.25) is 0 Å². The molecule has 0 aromatic heterocycles. The van der Waals surface area contributed by atoms with Crippen molar-refractivity contribution < 1.29 is 22.1 Å². The normalized spacial score (nSPS) is 11.8. The summed E-state index contributed by atoms with van der Waals surface area (Å²) in [5.74, 6) is 0. The summed E-state index contributed by atoms with van der Waals surface area (Å²) in [7, 11) is -4.66. The summed E-state index contributed by atoms with van der Waals surface area (Å²) in [5, 5.41) is 1.21. The smallest absolute Gasteiger partial charge is 0.391 e. The van der Waals surface area contributed by atoms with E-state index in [0.29, 0.717) is 39.6 Å². The summed E-state index contributed by atoms with van der Waals surface area (Å²) in [6.07, 6.45) is 2.96. The topological polar surface area (TPSA) is 98.2 Å². The van der Waals surface area contributed by atoms with E-state index in [1.165, 1.54) is 5.19 Å². The van der Waals surface area contributed by atoms with Crippen LogP contribution in [0.15, 0.2) is 30.3 Å². The number of hydrogen-bond acceptors (Lipinski definition) is 7. The van der Waals surface area contributed by atoms with Crippen LogP contribution in [0.3, 0.4) is 0 Å². The van der Waals surface area contributed by atoms with E-state index in [4.69, 9.17) is 33.6 Å². The van der Waals surface area contributed by atoms with Crippen molar-refractivity contribution in [3.05, 3.63) is 30.3 Å². The van der Waals surface area contributed by atoms with Crippen molar-refractivity contribution >= 4 is 22.6 Å². The lowest BCUT2D eigenvalue weighted by atomic mass is 10.3. The molecular weight excluding hydrogens is 440 g/mol. The lowest BCUT2D eigenvalue weighted by molar-refractivity contribution is 0.0707. The number of unbranched alkanes of at least 4 members (excludes halogenated alkanes) is 1. The van der Waals surface area contributed by atoms with Gasteiger partial charge < -0.3 is 33.6 Å². The molecule has 1 aromatic carbocycles. The molecule has 0 fully saturated rings. The first-order chi connectivity index (χ1) is 15.5. The number of rotatable bonds is 18. The first-order valence-corrected chi connectivity index (χ1v) is 16.1. The molecule has 0 saturated heterocycles. The minimum atomic E-state index is -2.39. The van der Waals surface area contributed by atoms with Gasteiger partial charge in [0.1, 0.15) is 0 Å². The summed E-state index contributed by atoms with van der Waals surface area (Å²) in [4.78, 5) is 0. The van der Waals surface area contributed by atoms with Crippen LogP contribution in [0.4, 0.5) is 0 Å². The maximum atomic E-state index is 6.02. The second kappa shape index (κ2) is 19.8. The molecule has 9 heteroatoms. The van der Waals surface area contributed by atoms with Crippen molar-refractivity contribution in [2.75, 3.05) is 46.1 Å². The molecule has 0 unspecified atom stereocenters. The molecule has 0 bridgehead atoms. The lowest BCUT2D eigenvalue weighted by Crippen LogP contribution is -2.54. The zero-order valence-corrected chi connectivity index (χ0v) is 23.1. The largest absolute Gasteiger partial charge is 0.500 e. The van der Waals surface area contributed by atoms with E-state index >= 15 is 0 Å². The average Bonchev–Trinajstić information content (AvgIpc) is 2.79. The highest BCUT2D eigenvalue weighted by molar-refractivity contribution is 6.81. The molecule has 188 valence electrons. The first kappa shape index (κ1) is 31.4. The molecule has 7 nitrogen and oxygen atoms in total. The predicted molar refractivity (Wildman–Crippen MR) is 137 cm³/mol. The van der Waals surface area contributed by atoms with Gasteiger partial charge in [0.05, 0.1) is 0 Å². The van der Waals surface area contributed by atoms with Gasteiger partial charge in [-0.1, -0.05) is 30.3 Å².